The minimum absolute atomic E-state index is 0.00493. The Hall–Kier alpha value is -1.34. The van der Waals surface area contributed by atoms with Gasteiger partial charge in [-0.25, -0.2) is 0 Å². The Morgan fingerprint density at radius 1 is 1.18 bits per heavy atom. The van der Waals surface area contributed by atoms with Gasteiger partial charge in [-0.2, -0.15) is 0 Å². The Morgan fingerprint density at radius 3 is 2.68 bits per heavy atom. The second kappa shape index (κ2) is 13.1. The van der Waals surface area contributed by atoms with E-state index < -0.39 is 12.1 Å². The van der Waals surface area contributed by atoms with Gasteiger partial charge in [-0.3, -0.25) is 9.69 Å². The molecule has 0 amide bonds. The number of nitrogens with zero attached hydrogens (tertiary/aromatic N) is 1. The fraction of sp³-hybridized carbons (Fsp3) is 0.500. The van der Waals surface area contributed by atoms with Crippen molar-refractivity contribution in [3.05, 3.63) is 68.2 Å². The predicted octanol–water partition coefficient (Wildman–Crippen LogP) is 6.20. The van der Waals surface area contributed by atoms with Crippen molar-refractivity contribution < 1.29 is 19.7 Å². The number of carboxylic acids is 1. The molecule has 1 aliphatic rings. The van der Waals surface area contributed by atoms with Crippen LogP contribution in [0.2, 0.25) is 15.1 Å². The normalized spacial score (nSPS) is 18.2. The number of aliphatic carboxylic acids is 1. The molecule has 5 nitrogen and oxygen atoms in total. The molecule has 1 fully saturated rings. The highest BCUT2D eigenvalue weighted by molar-refractivity contribution is 6.42. The zero-order chi connectivity index (χ0) is 24.7. The minimum atomic E-state index is -0.865. The van der Waals surface area contributed by atoms with Crippen LogP contribution in [0.5, 0.6) is 0 Å². The summed E-state index contributed by atoms with van der Waals surface area (Å²) in [6.07, 6.45) is 3.16. The van der Waals surface area contributed by atoms with E-state index in [0.29, 0.717) is 40.5 Å². The van der Waals surface area contributed by atoms with Crippen molar-refractivity contribution in [1.82, 2.24) is 4.90 Å². The van der Waals surface area contributed by atoms with Crippen molar-refractivity contribution in [1.29, 1.82) is 0 Å². The molecular weight excluding hydrogens is 497 g/mol. The van der Waals surface area contributed by atoms with E-state index in [1.54, 1.807) is 6.07 Å². The van der Waals surface area contributed by atoms with E-state index in [1.807, 2.05) is 37.3 Å². The van der Waals surface area contributed by atoms with Crippen LogP contribution >= 0.6 is 34.8 Å². The van der Waals surface area contributed by atoms with Crippen molar-refractivity contribution in [2.75, 3.05) is 19.7 Å². The van der Waals surface area contributed by atoms with Crippen molar-refractivity contribution in [2.24, 2.45) is 0 Å². The summed E-state index contributed by atoms with van der Waals surface area (Å²) >= 11 is 18.6. The van der Waals surface area contributed by atoms with Gasteiger partial charge in [-0.15, -0.1) is 0 Å². The molecule has 0 unspecified atom stereocenters. The monoisotopic (exact) mass is 527 g/mol. The number of hydrogen-bond acceptors (Lipinski definition) is 4. The molecule has 8 heteroatoms. The molecule has 186 valence electrons. The number of likely N-dealkylation sites (tertiary alicyclic amines) is 1. The van der Waals surface area contributed by atoms with Gasteiger partial charge in [0.05, 0.1) is 28.9 Å². The minimum Gasteiger partial charge on any atom is -0.481 e. The molecule has 0 radical (unpaired) electrons. The molecular formula is C26H32Cl3NO4. The van der Waals surface area contributed by atoms with Gasteiger partial charge in [0.25, 0.3) is 0 Å². The van der Waals surface area contributed by atoms with Crippen LogP contribution in [-0.2, 0) is 22.4 Å². The summed E-state index contributed by atoms with van der Waals surface area (Å²) in [5, 5.41) is 21.5. The Labute approximate surface area is 216 Å². The highest BCUT2D eigenvalue weighted by Crippen LogP contribution is 2.31. The maximum Gasteiger partial charge on any atom is 0.303 e. The highest BCUT2D eigenvalue weighted by Gasteiger charge is 2.27. The molecule has 34 heavy (non-hydrogen) atoms. The fourth-order valence-electron chi connectivity index (χ4n) is 4.66. The lowest BCUT2D eigenvalue weighted by Crippen LogP contribution is -2.39. The van der Waals surface area contributed by atoms with Crippen LogP contribution in [0.15, 0.2) is 36.4 Å². The molecule has 0 aliphatic carbocycles. The molecule has 0 spiro atoms. The molecule has 2 aromatic rings. The van der Waals surface area contributed by atoms with Crippen molar-refractivity contribution >= 4 is 40.8 Å². The summed E-state index contributed by atoms with van der Waals surface area (Å²) in [7, 11) is 0. The number of carbonyl (C=O) groups is 1. The molecule has 2 aromatic carbocycles. The van der Waals surface area contributed by atoms with E-state index in [1.165, 1.54) is 0 Å². The maximum absolute atomic E-state index is 11.1. The van der Waals surface area contributed by atoms with Crippen molar-refractivity contribution in [3.8, 4) is 0 Å². The first kappa shape index (κ1) is 27.3. The number of rotatable bonds is 12. The average Bonchev–Trinajstić information content (AvgIpc) is 3.22. The Morgan fingerprint density at radius 2 is 1.97 bits per heavy atom. The van der Waals surface area contributed by atoms with E-state index in [-0.39, 0.29) is 19.1 Å². The molecule has 1 heterocycles. The zero-order valence-corrected chi connectivity index (χ0v) is 21.6. The summed E-state index contributed by atoms with van der Waals surface area (Å²) in [6.45, 7) is 3.67. The van der Waals surface area contributed by atoms with Gasteiger partial charge in [0.15, 0.2) is 0 Å². The lowest BCUT2D eigenvalue weighted by molar-refractivity contribution is -0.136. The Balaban J connectivity index is 1.58. The SMILES string of the molecule is CC[C@@H](OC[C@H](O)CN1CCC[C@H]1Cc1ccc(Cl)c(Cl)c1)c1cccc(Cl)c1CCC(=O)O. The van der Waals surface area contributed by atoms with Crippen LogP contribution < -0.4 is 0 Å². The number of β-amino-alcohol motifs (C(OH)–C–C–N with tert-alkyl or cyclic N) is 1. The summed E-state index contributed by atoms with van der Waals surface area (Å²) in [6, 6.07) is 11.6. The first-order valence-corrected chi connectivity index (χ1v) is 12.9. The van der Waals surface area contributed by atoms with Crippen molar-refractivity contribution in [3.63, 3.8) is 0 Å². The standard InChI is InChI=1S/C26H32Cl3NO4/c1-2-25(21-6-3-7-22(27)20(21)9-11-26(32)33)34-16-19(31)15-30-12-4-5-18(30)13-17-8-10-23(28)24(29)14-17/h3,6-8,10,14,18-19,25,31H,2,4-5,9,11-13,15-16H2,1H3,(H,32,33)/t18-,19+,25+/m0/s1. The second-order valence-electron chi connectivity index (χ2n) is 8.83. The van der Waals surface area contributed by atoms with Gasteiger partial charge in [-0.1, -0.05) is 59.9 Å². The van der Waals surface area contributed by atoms with Gasteiger partial charge in [-0.05, 0) is 73.5 Å². The smallest absolute Gasteiger partial charge is 0.303 e. The van der Waals surface area contributed by atoms with E-state index >= 15 is 0 Å². The van der Waals surface area contributed by atoms with Crippen LogP contribution in [0.3, 0.4) is 0 Å². The topological polar surface area (TPSA) is 70.0 Å². The fourth-order valence-corrected chi connectivity index (χ4v) is 5.25. The van der Waals surface area contributed by atoms with E-state index in [2.05, 4.69) is 4.90 Å². The molecule has 0 aromatic heterocycles. The molecule has 3 atom stereocenters. The highest BCUT2D eigenvalue weighted by atomic mass is 35.5. The van der Waals surface area contributed by atoms with Crippen LogP contribution in [0, 0.1) is 0 Å². The first-order valence-electron chi connectivity index (χ1n) is 11.7. The van der Waals surface area contributed by atoms with Crippen LogP contribution in [0.1, 0.15) is 55.4 Å². The second-order valence-corrected chi connectivity index (χ2v) is 10.1. The average molecular weight is 529 g/mol. The lowest BCUT2D eigenvalue weighted by Gasteiger charge is -2.28. The van der Waals surface area contributed by atoms with Crippen LogP contribution in [0.25, 0.3) is 0 Å². The number of halogens is 3. The number of benzene rings is 2. The Kier molecular flexibility index (Phi) is 10.5. The zero-order valence-electron chi connectivity index (χ0n) is 19.4. The maximum atomic E-state index is 11.1. The number of carboxylic acid groups (broad SMARTS) is 1. The van der Waals surface area contributed by atoms with Crippen molar-refractivity contribution in [2.45, 2.75) is 63.7 Å². The third-order valence-corrected chi connectivity index (χ3v) is 7.44. The van der Waals surface area contributed by atoms with E-state index in [9.17, 15) is 9.90 Å². The summed E-state index contributed by atoms with van der Waals surface area (Å²) in [5.74, 6) is -0.865. The number of aliphatic hydroxyl groups is 1. The van der Waals surface area contributed by atoms with Gasteiger partial charge < -0.3 is 14.9 Å². The van der Waals surface area contributed by atoms with Gasteiger partial charge in [0.1, 0.15) is 0 Å². The quantitative estimate of drug-likeness (QED) is 0.343. The summed E-state index contributed by atoms with van der Waals surface area (Å²) in [4.78, 5) is 13.4. The molecule has 0 bridgehead atoms. The number of hydrogen-bond donors (Lipinski definition) is 2. The van der Waals surface area contributed by atoms with E-state index in [4.69, 9.17) is 44.6 Å². The number of ether oxygens (including phenoxy) is 1. The van der Waals surface area contributed by atoms with Gasteiger partial charge >= 0.3 is 5.97 Å². The lowest BCUT2D eigenvalue weighted by atomic mass is 9.97. The predicted molar refractivity (Wildman–Crippen MR) is 137 cm³/mol. The molecule has 1 aliphatic heterocycles. The van der Waals surface area contributed by atoms with Crippen LogP contribution in [-0.4, -0.2) is 52.9 Å². The van der Waals surface area contributed by atoms with Gasteiger partial charge in [0.2, 0.25) is 0 Å². The molecule has 1 saturated heterocycles. The summed E-state index contributed by atoms with van der Waals surface area (Å²) < 4.78 is 6.12. The van der Waals surface area contributed by atoms with E-state index in [0.717, 1.165) is 42.5 Å². The van der Waals surface area contributed by atoms with Gasteiger partial charge in [0, 0.05) is 24.0 Å². The third-order valence-electron chi connectivity index (χ3n) is 6.35. The number of aliphatic hydroxyl groups excluding tert-OH is 1. The largest absolute Gasteiger partial charge is 0.481 e. The summed E-state index contributed by atoms with van der Waals surface area (Å²) in [5.41, 5.74) is 2.83. The molecule has 2 N–H and O–H groups in total. The molecule has 3 rings (SSSR count). The molecule has 0 saturated carbocycles. The first-order chi connectivity index (χ1) is 16.3. The van der Waals surface area contributed by atoms with Crippen LogP contribution in [0.4, 0.5) is 0 Å². The Bertz CT molecular complexity index is 971. The third kappa shape index (κ3) is 7.58.